The first-order valence-corrected chi connectivity index (χ1v) is 19.8. The van der Waals surface area contributed by atoms with Crippen LogP contribution in [0.4, 0.5) is 8.78 Å². The first-order valence-electron chi connectivity index (χ1n) is 17.2. The van der Waals surface area contributed by atoms with Gasteiger partial charge in [0, 0.05) is 36.4 Å². The number of hydrogen-bond acceptors (Lipinski definition) is 4. The van der Waals surface area contributed by atoms with Crippen LogP contribution < -0.4 is 14.9 Å². The molecule has 0 heterocycles. The molecule has 0 saturated carbocycles. The van der Waals surface area contributed by atoms with Crippen molar-refractivity contribution in [2.45, 2.75) is 38.5 Å². The summed E-state index contributed by atoms with van der Waals surface area (Å²) in [6.07, 6.45) is 0. The van der Waals surface area contributed by atoms with Gasteiger partial charge in [-0.3, -0.25) is 0 Å². The van der Waals surface area contributed by atoms with E-state index in [9.17, 15) is 18.8 Å². The molecule has 6 aromatic rings. The first-order chi connectivity index (χ1) is 25.6. The van der Waals surface area contributed by atoms with Crippen molar-refractivity contribution in [1.29, 1.82) is 0 Å². The van der Waals surface area contributed by atoms with E-state index < -0.39 is 7.12 Å². The number of rotatable bonds is 4. The predicted octanol–water partition coefficient (Wildman–Crippen LogP) is 11.4. The largest absolute Gasteiger partial charge is 0.497 e. The van der Waals surface area contributed by atoms with Crippen LogP contribution in [0.3, 0.4) is 0 Å². The number of methoxy groups -OCH3 is 2. The van der Waals surface area contributed by atoms with Gasteiger partial charge >= 0.3 is 7.12 Å². The molecule has 0 saturated heterocycles. The van der Waals surface area contributed by atoms with Crippen LogP contribution in [0.5, 0.6) is 11.5 Å². The highest BCUT2D eigenvalue weighted by molar-refractivity contribution is 14.1. The van der Waals surface area contributed by atoms with Gasteiger partial charge < -0.3 is 19.5 Å². The molecular formula is C44H38BBr2F2IO4. The Hall–Kier alpha value is -3.55. The van der Waals surface area contributed by atoms with Gasteiger partial charge in [-0.25, -0.2) is 8.78 Å². The molecule has 54 heavy (non-hydrogen) atoms. The fourth-order valence-corrected chi connectivity index (χ4v) is 8.70. The molecule has 2 aliphatic carbocycles. The fraction of sp³-hybridized carbons (Fsp3) is 0.182. The Labute approximate surface area is 346 Å². The normalized spacial score (nSPS) is 13.6. The predicted molar refractivity (Wildman–Crippen MR) is 231 cm³/mol. The van der Waals surface area contributed by atoms with Crippen molar-refractivity contribution in [3.8, 4) is 44.9 Å². The third kappa shape index (κ3) is 7.28. The summed E-state index contributed by atoms with van der Waals surface area (Å²) in [5.41, 5.74) is 10.9. The van der Waals surface area contributed by atoms with E-state index in [1.54, 1.807) is 26.4 Å². The molecule has 8 rings (SSSR count). The summed E-state index contributed by atoms with van der Waals surface area (Å²) >= 11 is 8.63. The molecule has 0 unspecified atom stereocenters. The molecular weight excluding hydrogens is 928 g/mol. The molecule has 0 fully saturated rings. The zero-order chi connectivity index (χ0) is 39.1. The minimum Gasteiger partial charge on any atom is -0.497 e. The highest BCUT2D eigenvalue weighted by Crippen LogP contribution is 2.53. The Morgan fingerprint density at radius 2 is 1.04 bits per heavy atom. The van der Waals surface area contributed by atoms with Gasteiger partial charge in [0.15, 0.2) is 0 Å². The second kappa shape index (κ2) is 15.9. The molecule has 10 heteroatoms. The van der Waals surface area contributed by atoms with Crippen molar-refractivity contribution >= 4 is 67.0 Å². The fourth-order valence-electron chi connectivity index (χ4n) is 7.45. The molecule has 0 aromatic heterocycles. The number of fused-ring (bicyclic) bond motifs is 6. The lowest BCUT2D eigenvalue weighted by Gasteiger charge is -2.22. The zero-order valence-corrected chi connectivity index (χ0v) is 35.9. The van der Waals surface area contributed by atoms with Crippen LogP contribution >= 0.6 is 54.5 Å². The van der Waals surface area contributed by atoms with Crippen molar-refractivity contribution in [3.05, 3.63) is 156 Å². The summed E-state index contributed by atoms with van der Waals surface area (Å²) in [7, 11) is 1.64. The lowest BCUT2D eigenvalue weighted by atomic mass is 9.76. The van der Waals surface area contributed by atoms with Gasteiger partial charge in [0.25, 0.3) is 0 Å². The average molecular weight is 966 g/mol. The molecule has 0 atom stereocenters. The van der Waals surface area contributed by atoms with E-state index in [0.29, 0.717) is 26.1 Å². The lowest BCUT2D eigenvalue weighted by Crippen LogP contribution is -2.31. The molecule has 2 N–H and O–H groups in total. The van der Waals surface area contributed by atoms with Gasteiger partial charge in [-0.2, -0.15) is 0 Å². The lowest BCUT2D eigenvalue weighted by molar-refractivity contribution is 0.402. The van der Waals surface area contributed by atoms with Gasteiger partial charge in [-0.1, -0.05) is 110 Å². The van der Waals surface area contributed by atoms with Crippen molar-refractivity contribution in [2.75, 3.05) is 14.2 Å². The molecule has 0 radical (unpaired) electrons. The molecule has 0 aliphatic heterocycles. The van der Waals surface area contributed by atoms with Gasteiger partial charge in [-0.05, 0) is 125 Å². The Morgan fingerprint density at radius 3 is 1.52 bits per heavy atom. The van der Waals surface area contributed by atoms with Gasteiger partial charge in [0.05, 0.1) is 17.8 Å². The molecule has 2 aliphatic rings. The highest BCUT2D eigenvalue weighted by atomic mass is 127. The second-order valence-electron chi connectivity index (χ2n) is 14.1. The van der Waals surface area contributed by atoms with E-state index in [1.807, 2.05) is 65.1 Å². The number of hydrogen-bond donors (Lipinski definition) is 2. The summed E-state index contributed by atoms with van der Waals surface area (Å²) in [5.74, 6) is 0.758. The van der Waals surface area contributed by atoms with E-state index in [1.165, 1.54) is 34.4 Å². The molecule has 0 amide bonds. The Bertz CT molecular complexity index is 2340. The summed E-state index contributed by atoms with van der Waals surface area (Å²) < 4.78 is 40.2. The quantitative estimate of drug-likeness (QED) is 0.105. The maximum Gasteiger partial charge on any atom is 0.492 e. The number of ether oxygens (including phenoxy) is 2. The Kier molecular flexibility index (Phi) is 11.8. The van der Waals surface area contributed by atoms with Crippen LogP contribution in [0.2, 0.25) is 0 Å². The van der Waals surface area contributed by atoms with Crippen LogP contribution in [0, 0.1) is 15.2 Å². The summed E-state index contributed by atoms with van der Waals surface area (Å²) in [6.45, 7) is 8.78. The maximum atomic E-state index is 14.6. The molecule has 276 valence electrons. The Morgan fingerprint density at radius 1 is 0.556 bits per heavy atom. The minimum absolute atomic E-state index is 0.107. The first kappa shape index (κ1) is 40.1. The number of benzene rings is 6. The van der Waals surface area contributed by atoms with Crippen LogP contribution in [0.15, 0.2) is 118 Å². The van der Waals surface area contributed by atoms with E-state index in [0.717, 1.165) is 36.8 Å². The molecule has 0 spiro atoms. The number of halogens is 5. The van der Waals surface area contributed by atoms with E-state index in [2.05, 4.69) is 102 Å². The minimum atomic E-state index is -1.54. The van der Waals surface area contributed by atoms with Crippen LogP contribution in [-0.2, 0) is 10.8 Å². The third-order valence-electron chi connectivity index (χ3n) is 10.3. The summed E-state index contributed by atoms with van der Waals surface area (Å²) in [4.78, 5) is 0. The van der Waals surface area contributed by atoms with Crippen molar-refractivity contribution in [2.24, 2.45) is 0 Å². The van der Waals surface area contributed by atoms with Crippen molar-refractivity contribution in [3.63, 3.8) is 0 Å². The summed E-state index contributed by atoms with van der Waals surface area (Å²) in [5, 5.41) is 19.0. The van der Waals surface area contributed by atoms with Crippen molar-refractivity contribution in [1.82, 2.24) is 0 Å². The van der Waals surface area contributed by atoms with Crippen LogP contribution in [-0.4, -0.2) is 31.4 Å². The maximum absolute atomic E-state index is 14.6. The third-order valence-corrected chi connectivity index (χ3v) is 13.4. The standard InChI is InChI=1S/C22H18BrFO.C16H17BO3.C6H3BrFI/c1-22(2)16-8-5-4-7-13(16)14-11-15(20(25-3)12-17(14)22)21-18(23)9-6-10-19(21)24;1-16(2)12-7-5-4-6-10(12)11-8-14(17(18)19)15(20-3)9-13(11)16;7-4-2-1-3-5(8)6(4)9/h4-12H,1-3H3;4-9,18-19H,1-3H3;1-3H. The summed E-state index contributed by atoms with van der Waals surface area (Å²) in [6, 6.07) is 34.5. The van der Waals surface area contributed by atoms with Gasteiger partial charge in [0.2, 0.25) is 0 Å². The highest BCUT2D eigenvalue weighted by Gasteiger charge is 2.38. The van der Waals surface area contributed by atoms with Gasteiger partial charge in [-0.15, -0.1) is 0 Å². The monoisotopic (exact) mass is 964 g/mol. The molecule has 6 aromatic carbocycles. The smallest absolute Gasteiger partial charge is 0.492 e. The van der Waals surface area contributed by atoms with Crippen LogP contribution in [0.25, 0.3) is 33.4 Å². The van der Waals surface area contributed by atoms with Crippen molar-refractivity contribution < 1.29 is 28.3 Å². The van der Waals surface area contributed by atoms with Gasteiger partial charge in [0.1, 0.15) is 23.1 Å². The molecule has 0 bridgehead atoms. The molecule has 4 nitrogen and oxygen atoms in total. The SMILES string of the molecule is COc1cc2c(cc1-c1c(F)cccc1Br)-c1ccccc1C2(C)C.COc1cc2c(cc1B(O)O)-c1ccccc1C2(C)C.Fc1cccc(Br)c1I. The average Bonchev–Trinajstić information content (AvgIpc) is 3.52. The topological polar surface area (TPSA) is 58.9 Å². The van der Waals surface area contributed by atoms with Crippen LogP contribution in [0.1, 0.15) is 49.9 Å². The Balaban J connectivity index is 0.000000153. The van der Waals surface area contributed by atoms with E-state index in [-0.39, 0.29) is 22.5 Å². The second-order valence-corrected chi connectivity index (χ2v) is 16.9. The zero-order valence-electron chi connectivity index (χ0n) is 30.6. The van der Waals surface area contributed by atoms with E-state index in [4.69, 9.17) is 9.47 Å². The van der Waals surface area contributed by atoms with E-state index >= 15 is 0 Å².